The summed E-state index contributed by atoms with van der Waals surface area (Å²) in [6.07, 6.45) is 0.814. The molecule has 0 bridgehead atoms. The molecular formula is C14H17ClN2O3. The quantitative estimate of drug-likeness (QED) is 0.845. The molecule has 0 aliphatic carbocycles. The van der Waals surface area contributed by atoms with Gasteiger partial charge in [0, 0.05) is 20.1 Å². The Kier molecular flexibility index (Phi) is 5.48. The van der Waals surface area contributed by atoms with Gasteiger partial charge in [-0.05, 0) is 17.7 Å². The third kappa shape index (κ3) is 3.54. The van der Waals surface area contributed by atoms with E-state index in [2.05, 4.69) is 11.4 Å². The van der Waals surface area contributed by atoms with Gasteiger partial charge < -0.3 is 14.2 Å². The molecule has 108 valence electrons. The summed E-state index contributed by atoms with van der Waals surface area (Å²) in [7, 11) is 1.62. The van der Waals surface area contributed by atoms with E-state index >= 15 is 0 Å². The zero-order valence-corrected chi connectivity index (χ0v) is 12.1. The van der Waals surface area contributed by atoms with Crippen molar-refractivity contribution in [2.45, 2.75) is 12.5 Å². The summed E-state index contributed by atoms with van der Waals surface area (Å²) >= 11 is 6.22. The first-order valence-electron chi connectivity index (χ1n) is 6.47. The highest BCUT2D eigenvalue weighted by Gasteiger charge is 2.19. The molecule has 1 aromatic rings. The van der Waals surface area contributed by atoms with E-state index in [1.807, 2.05) is 0 Å². The molecule has 6 heteroatoms. The average Bonchev–Trinajstić information content (AvgIpc) is 2.69. The lowest BCUT2D eigenvalue weighted by Crippen LogP contribution is -2.24. The van der Waals surface area contributed by atoms with Crippen molar-refractivity contribution in [1.82, 2.24) is 5.32 Å². The molecule has 1 N–H and O–H groups in total. The minimum Gasteiger partial charge on any atom is -0.489 e. The van der Waals surface area contributed by atoms with Crippen LogP contribution < -0.4 is 14.8 Å². The maximum Gasteiger partial charge on any atom is 0.179 e. The highest BCUT2D eigenvalue weighted by molar-refractivity contribution is 6.32. The summed E-state index contributed by atoms with van der Waals surface area (Å²) in [4.78, 5) is 0. The van der Waals surface area contributed by atoms with Crippen LogP contribution in [0.15, 0.2) is 12.1 Å². The van der Waals surface area contributed by atoms with Gasteiger partial charge in [-0.3, -0.25) is 5.32 Å². The van der Waals surface area contributed by atoms with Gasteiger partial charge in [-0.25, -0.2) is 0 Å². The second-order valence-electron chi connectivity index (χ2n) is 4.39. The number of rotatable bonds is 5. The van der Waals surface area contributed by atoms with Gasteiger partial charge in [-0.2, -0.15) is 5.26 Å². The summed E-state index contributed by atoms with van der Waals surface area (Å²) in [6.45, 7) is 2.29. The number of benzene rings is 1. The Hall–Kier alpha value is -1.48. The third-order valence-corrected chi connectivity index (χ3v) is 3.22. The van der Waals surface area contributed by atoms with Crippen LogP contribution in [0.2, 0.25) is 5.02 Å². The van der Waals surface area contributed by atoms with Gasteiger partial charge >= 0.3 is 0 Å². The van der Waals surface area contributed by atoms with Gasteiger partial charge in [0.15, 0.2) is 11.5 Å². The third-order valence-electron chi connectivity index (χ3n) is 2.94. The van der Waals surface area contributed by atoms with Crippen LogP contribution >= 0.6 is 11.6 Å². The van der Waals surface area contributed by atoms with Crippen LogP contribution in [0.3, 0.4) is 0 Å². The number of hydrogen-bond acceptors (Lipinski definition) is 5. The summed E-state index contributed by atoms with van der Waals surface area (Å²) in [5.74, 6) is 1.15. The van der Waals surface area contributed by atoms with E-state index in [-0.39, 0.29) is 0 Å². The molecule has 0 amide bonds. The number of nitrogens with one attached hydrogen (secondary N) is 1. The molecule has 20 heavy (non-hydrogen) atoms. The van der Waals surface area contributed by atoms with Crippen LogP contribution in [0.4, 0.5) is 0 Å². The lowest BCUT2D eigenvalue weighted by atomic mass is 10.1. The predicted octanol–water partition coefficient (Wildman–Crippen LogP) is 2.30. The Labute approximate surface area is 123 Å². The Morgan fingerprint density at radius 3 is 3.00 bits per heavy atom. The standard InChI is InChI=1S/C14H17ClN2O3/c1-18-6-3-17-12(9-16)10-7-11(15)14-13(8-10)19-4-2-5-20-14/h7-8,12,17H,2-6H2,1H3. The molecule has 2 rings (SSSR count). The molecule has 1 aromatic carbocycles. The molecule has 1 atom stereocenters. The zero-order valence-electron chi connectivity index (χ0n) is 11.3. The monoisotopic (exact) mass is 296 g/mol. The fourth-order valence-electron chi connectivity index (χ4n) is 1.96. The van der Waals surface area contributed by atoms with E-state index in [0.29, 0.717) is 42.9 Å². The van der Waals surface area contributed by atoms with E-state index < -0.39 is 6.04 Å². The molecule has 0 saturated carbocycles. The van der Waals surface area contributed by atoms with Gasteiger partial charge in [0.2, 0.25) is 0 Å². The van der Waals surface area contributed by atoms with Crippen molar-refractivity contribution in [3.05, 3.63) is 22.7 Å². The van der Waals surface area contributed by atoms with E-state index in [1.165, 1.54) is 0 Å². The van der Waals surface area contributed by atoms with Gasteiger partial charge in [-0.15, -0.1) is 0 Å². The Morgan fingerprint density at radius 1 is 1.45 bits per heavy atom. The van der Waals surface area contributed by atoms with Crippen molar-refractivity contribution in [2.24, 2.45) is 0 Å². The van der Waals surface area contributed by atoms with Crippen LogP contribution in [0.1, 0.15) is 18.0 Å². The molecule has 1 unspecified atom stereocenters. The van der Waals surface area contributed by atoms with Crippen molar-refractivity contribution < 1.29 is 14.2 Å². The lowest BCUT2D eigenvalue weighted by molar-refractivity contribution is 0.198. The van der Waals surface area contributed by atoms with Gasteiger partial charge in [-0.1, -0.05) is 11.6 Å². The maximum atomic E-state index is 9.26. The number of nitrogens with zero attached hydrogens (tertiary/aromatic N) is 1. The number of methoxy groups -OCH3 is 1. The van der Waals surface area contributed by atoms with Crippen LogP contribution in [0, 0.1) is 11.3 Å². The van der Waals surface area contributed by atoms with E-state index in [4.69, 9.17) is 25.8 Å². The van der Waals surface area contributed by atoms with E-state index in [0.717, 1.165) is 12.0 Å². The highest BCUT2D eigenvalue weighted by Crippen LogP contribution is 2.39. The molecule has 0 aromatic heterocycles. The second-order valence-corrected chi connectivity index (χ2v) is 4.80. The minimum absolute atomic E-state index is 0.459. The number of halogens is 1. The number of ether oxygens (including phenoxy) is 3. The largest absolute Gasteiger partial charge is 0.489 e. The molecule has 1 aliphatic heterocycles. The SMILES string of the molecule is COCCNC(C#N)c1cc(Cl)c2c(c1)OCCCO2. The number of fused-ring (bicyclic) bond motifs is 1. The van der Waals surface area contributed by atoms with E-state index in [9.17, 15) is 5.26 Å². The normalized spacial score (nSPS) is 15.2. The summed E-state index contributed by atoms with van der Waals surface area (Å²) in [5.41, 5.74) is 0.762. The first-order chi connectivity index (χ1) is 9.76. The first kappa shape index (κ1) is 14.9. The summed E-state index contributed by atoms with van der Waals surface area (Å²) < 4.78 is 16.1. The van der Waals surface area contributed by atoms with Gasteiger partial charge in [0.1, 0.15) is 6.04 Å². The smallest absolute Gasteiger partial charge is 0.179 e. The molecule has 0 fully saturated rings. The molecule has 5 nitrogen and oxygen atoms in total. The molecule has 0 spiro atoms. The van der Waals surface area contributed by atoms with Crippen LogP contribution in [0.25, 0.3) is 0 Å². The molecular weight excluding hydrogens is 280 g/mol. The van der Waals surface area contributed by atoms with E-state index in [1.54, 1.807) is 19.2 Å². The number of nitriles is 1. The van der Waals surface area contributed by atoms with Gasteiger partial charge in [0.25, 0.3) is 0 Å². The van der Waals surface area contributed by atoms with Crippen LogP contribution in [-0.4, -0.2) is 33.5 Å². The Balaban J connectivity index is 2.21. The van der Waals surface area contributed by atoms with Crippen molar-refractivity contribution in [2.75, 3.05) is 33.5 Å². The van der Waals surface area contributed by atoms with Crippen molar-refractivity contribution in [1.29, 1.82) is 5.26 Å². The average molecular weight is 297 g/mol. The van der Waals surface area contributed by atoms with Crippen molar-refractivity contribution >= 4 is 11.6 Å². The van der Waals surface area contributed by atoms with Gasteiger partial charge in [0.05, 0.1) is 30.9 Å². The fraction of sp³-hybridized carbons (Fsp3) is 0.500. The Morgan fingerprint density at radius 2 is 2.25 bits per heavy atom. The second kappa shape index (κ2) is 7.34. The predicted molar refractivity (Wildman–Crippen MR) is 75.3 cm³/mol. The fourth-order valence-corrected chi connectivity index (χ4v) is 2.23. The zero-order chi connectivity index (χ0) is 14.4. The maximum absolute atomic E-state index is 9.26. The molecule has 1 heterocycles. The van der Waals surface area contributed by atoms with Crippen LogP contribution in [-0.2, 0) is 4.74 Å². The molecule has 0 radical (unpaired) electrons. The Bertz CT molecular complexity index is 502. The highest BCUT2D eigenvalue weighted by atomic mass is 35.5. The lowest BCUT2D eigenvalue weighted by Gasteiger charge is -2.15. The molecule has 1 aliphatic rings. The summed E-state index contributed by atoms with van der Waals surface area (Å²) in [5, 5.41) is 12.8. The topological polar surface area (TPSA) is 63.5 Å². The minimum atomic E-state index is -0.459. The van der Waals surface area contributed by atoms with Crippen molar-refractivity contribution in [3.8, 4) is 17.6 Å². The first-order valence-corrected chi connectivity index (χ1v) is 6.85. The molecule has 0 saturated heterocycles. The number of hydrogen-bond donors (Lipinski definition) is 1. The summed E-state index contributed by atoms with van der Waals surface area (Å²) in [6, 6.07) is 5.29. The van der Waals surface area contributed by atoms with Crippen molar-refractivity contribution in [3.63, 3.8) is 0 Å². The van der Waals surface area contributed by atoms with Crippen LogP contribution in [0.5, 0.6) is 11.5 Å².